The molecule has 0 aliphatic heterocycles. The number of ketones is 1. The molecule has 0 aliphatic rings. The zero-order valence-corrected chi connectivity index (χ0v) is 9.98. The lowest BCUT2D eigenvalue weighted by molar-refractivity contribution is 0.104. The molecular weight excluding hydrogens is 243 g/mol. The van der Waals surface area contributed by atoms with Gasteiger partial charge in [0.1, 0.15) is 5.82 Å². The summed E-state index contributed by atoms with van der Waals surface area (Å²) in [5.41, 5.74) is 7.45. The Morgan fingerprint density at radius 3 is 2.63 bits per heavy atom. The Labute approximate surface area is 108 Å². The molecule has 3 rings (SSSR count). The third-order valence-corrected chi connectivity index (χ3v) is 3.10. The number of aromatic nitrogens is 1. The molecule has 4 heteroatoms. The highest BCUT2D eigenvalue weighted by Crippen LogP contribution is 2.25. The molecule has 0 spiro atoms. The standard InChI is InChI=1S/C15H11FN2O/c16-11-5-3-7-13-14(11)10(8-18-13)15(19)9-4-1-2-6-12(9)17/h1-8,18H,17H2. The summed E-state index contributed by atoms with van der Waals surface area (Å²) in [4.78, 5) is 15.3. The number of nitrogens with one attached hydrogen (secondary N) is 1. The first-order chi connectivity index (χ1) is 9.18. The predicted octanol–water partition coefficient (Wildman–Crippen LogP) is 3.12. The zero-order chi connectivity index (χ0) is 13.4. The van der Waals surface area contributed by atoms with E-state index in [2.05, 4.69) is 4.98 Å². The molecule has 94 valence electrons. The number of hydrogen-bond donors (Lipinski definition) is 2. The molecule has 0 radical (unpaired) electrons. The van der Waals surface area contributed by atoms with E-state index in [-0.39, 0.29) is 5.78 Å². The fourth-order valence-electron chi connectivity index (χ4n) is 2.17. The van der Waals surface area contributed by atoms with E-state index in [0.29, 0.717) is 27.7 Å². The number of anilines is 1. The molecule has 3 nitrogen and oxygen atoms in total. The van der Waals surface area contributed by atoms with Crippen molar-refractivity contribution in [3.05, 3.63) is 65.6 Å². The smallest absolute Gasteiger partial charge is 0.197 e. The molecule has 2 aromatic carbocycles. The Balaban J connectivity index is 2.21. The average molecular weight is 254 g/mol. The van der Waals surface area contributed by atoms with Gasteiger partial charge >= 0.3 is 0 Å². The van der Waals surface area contributed by atoms with Gasteiger partial charge in [-0.05, 0) is 24.3 Å². The van der Waals surface area contributed by atoms with E-state index in [1.54, 1.807) is 36.4 Å². The SMILES string of the molecule is Nc1ccccc1C(=O)c1c[nH]c2cccc(F)c12. The first-order valence-electron chi connectivity index (χ1n) is 5.83. The molecule has 1 heterocycles. The van der Waals surface area contributed by atoms with Crippen molar-refractivity contribution in [1.29, 1.82) is 0 Å². The number of H-pyrrole nitrogens is 1. The van der Waals surface area contributed by atoms with Gasteiger partial charge in [0.05, 0.1) is 5.56 Å². The highest BCUT2D eigenvalue weighted by molar-refractivity contribution is 6.18. The van der Waals surface area contributed by atoms with E-state index in [0.717, 1.165) is 0 Å². The number of hydrogen-bond acceptors (Lipinski definition) is 2. The van der Waals surface area contributed by atoms with Gasteiger partial charge < -0.3 is 10.7 Å². The normalized spacial score (nSPS) is 10.8. The van der Waals surface area contributed by atoms with Gasteiger partial charge in [0.2, 0.25) is 0 Å². The van der Waals surface area contributed by atoms with E-state index in [9.17, 15) is 9.18 Å². The highest BCUT2D eigenvalue weighted by Gasteiger charge is 2.18. The molecular formula is C15H11FN2O. The lowest BCUT2D eigenvalue weighted by Gasteiger charge is -2.03. The molecule has 0 saturated carbocycles. The summed E-state index contributed by atoms with van der Waals surface area (Å²) in [6.07, 6.45) is 1.52. The molecule has 3 N–H and O–H groups in total. The Hall–Kier alpha value is -2.62. The van der Waals surface area contributed by atoms with Crippen LogP contribution in [-0.4, -0.2) is 10.8 Å². The van der Waals surface area contributed by atoms with E-state index in [1.165, 1.54) is 12.3 Å². The number of carbonyl (C=O) groups excluding carboxylic acids is 1. The van der Waals surface area contributed by atoms with Crippen LogP contribution in [-0.2, 0) is 0 Å². The molecule has 0 atom stereocenters. The lowest BCUT2D eigenvalue weighted by Crippen LogP contribution is -2.04. The summed E-state index contributed by atoms with van der Waals surface area (Å²) in [5, 5.41) is 0.302. The molecule has 0 saturated heterocycles. The average Bonchev–Trinajstić information content (AvgIpc) is 2.84. The van der Waals surface area contributed by atoms with Gasteiger partial charge in [-0.1, -0.05) is 18.2 Å². The Bertz CT molecular complexity index is 777. The number of fused-ring (bicyclic) bond motifs is 1. The number of nitrogens with two attached hydrogens (primary N) is 1. The number of aromatic amines is 1. The van der Waals surface area contributed by atoms with Crippen LogP contribution in [0.2, 0.25) is 0 Å². The number of halogens is 1. The highest BCUT2D eigenvalue weighted by atomic mass is 19.1. The summed E-state index contributed by atoms with van der Waals surface area (Å²) in [7, 11) is 0. The van der Waals surface area contributed by atoms with Crippen molar-refractivity contribution < 1.29 is 9.18 Å². The van der Waals surface area contributed by atoms with Gasteiger partial charge in [0, 0.05) is 28.4 Å². The van der Waals surface area contributed by atoms with Crippen LogP contribution >= 0.6 is 0 Å². The van der Waals surface area contributed by atoms with Crippen LogP contribution < -0.4 is 5.73 Å². The third-order valence-electron chi connectivity index (χ3n) is 3.10. The molecule has 0 amide bonds. The third kappa shape index (κ3) is 1.78. The van der Waals surface area contributed by atoms with Crippen molar-refractivity contribution in [3.63, 3.8) is 0 Å². The van der Waals surface area contributed by atoms with E-state index < -0.39 is 5.82 Å². The number of para-hydroxylation sites is 1. The van der Waals surface area contributed by atoms with Crippen LogP contribution in [0.4, 0.5) is 10.1 Å². The second kappa shape index (κ2) is 4.24. The molecule has 0 unspecified atom stereocenters. The molecule has 3 aromatic rings. The first-order valence-corrected chi connectivity index (χ1v) is 5.83. The summed E-state index contributed by atoms with van der Waals surface area (Å²) < 4.78 is 13.9. The van der Waals surface area contributed by atoms with E-state index >= 15 is 0 Å². The number of carbonyl (C=O) groups is 1. The zero-order valence-electron chi connectivity index (χ0n) is 9.98. The fraction of sp³-hybridized carbons (Fsp3) is 0. The number of nitrogen functional groups attached to an aromatic ring is 1. The minimum atomic E-state index is -0.420. The van der Waals surface area contributed by atoms with Gasteiger partial charge in [-0.25, -0.2) is 4.39 Å². The van der Waals surface area contributed by atoms with Crippen molar-refractivity contribution in [1.82, 2.24) is 4.98 Å². The van der Waals surface area contributed by atoms with Gasteiger partial charge in [-0.3, -0.25) is 4.79 Å². The lowest BCUT2D eigenvalue weighted by atomic mass is 10.0. The Kier molecular flexibility index (Phi) is 2.56. The molecule has 0 bridgehead atoms. The fourth-order valence-corrected chi connectivity index (χ4v) is 2.17. The number of rotatable bonds is 2. The molecule has 19 heavy (non-hydrogen) atoms. The topological polar surface area (TPSA) is 58.9 Å². The van der Waals surface area contributed by atoms with Crippen LogP contribution in [0.3, 0.4) is 0 Å². The second-order valence-electron chi connectivity index (χ2n) is 4.28. The Morgan fingerprint density at radius 2 is 1.84 bits per heavy atom. The second-order valence-corrected chi connectivity index (χ2v) is 4.28. The monoisotopic (exact) mass is 254 g/mol. The van der Waals surface area contributed by atoms with Gasteiger partial charge in [-0.2, -0.15) is 0 Å². The van der Waals surface area contributed by atoms with E-state index in [1.807, 2.05) is 0 Å². The van der Waals surface area contributed by atoms with Gasteiger partial charge in [0.15, 0.2) is 5.78 Å². The van der Waals surface area contributed by atoms with Crippen molar-refractivity contribution in [2.24, 2.45) is 0 Å². The summed E-state index contributed by atoms with van der Waals surface area (Å²) in [6, 6.07) is 11.4. The van der Waals surface area contributed by atoms with E-state index in [4.69, 9.17) is 5.73 Å². The summed E-state index contributed by atoms with van der Waals surface area (Å²) in [6.45, 7) is 0. The maximum Gasteiger partial charge on any atom is 0.197 e. The Morgan fingerprint density at radius 1 is 1.05 bits per heavy atom. The minimum Gasteiger partial charge on any atom is -0.398 e. The maximum absolute atomic E-state index is 13.9. The molecule has 1 aromatic heterocycles. The van der Waals surface area contributed by atoms with Crippen molar-refractivity contribution in [2.45, 2.75) is 0 Å². The first kappa shape index (κ1) is 11.5. The van der Waals surface area contributed by atoms with Crippen LogP contribution in [0.25, 0.3) is 10.9 Å². The molecule has 0 fully saturated rings. The maximum atomic E-state index is 13.9. The van der Waals surface area contributed by atoms with Crippen molar-refractivity contribution in [2.75, 3.05) is 5.73 Å². The summed E-state index contributed by atoms with van der Waals surface area (Å²) in [5.74, 6) is -0.703. The quantitative estimate of drug-likeness (QED) is 0.545. The molecule has 0 aliphatic carbocycles. The van der Waals surface area contributed by atoms with Crippen molar-refractivity contribution in [3.8, 4) is 0 Å². The number of benzene rings is 2. The van der Waals surface area contributed by atoms with Crippen LogP contribution in [0, 0.1) is 5.82 Å². The predicted molar refractivity (Wildman–Crippen MR) is 72.5 cm³/mol. The van der Waals surface area contributed by atoms with Gasteiger partial charge in [0.25, 0.3) is 0 Å². The van der Waals surface area contributed by atoms with Crippen LogP contribution in [0.15, 0.2) is 48.7 Å². The van der Waals surface area contributed by atoms with Crippen molar-refractivity contribution >= 4 is 22.4 Å². The minimum absolute atomic E-state index is 0.283. The largest absolute Gasteiger partial charge is 0.398 e. The summed E-state index contributed by atoms with van der Waals surface area (Å²) >= 11 is 0. The van der Waals surface area contributed by atoms with Crippen LogP contribution in [0.5, 0.6) is 0 Å². The van der Waals surface area contributed by atoms with Crippen LogP contribution in [0.1, 0.15) is 15.9 Å². The van der Waals surface area contributed by atoms with Gasteiger partial charge in [-0.15, -0.1) is 0 Å².